The van der Waals surface area contributed by atoms with Crippen molar-refractivity contribution in [3.8, 4) is 11.3 Å². The number of pyridine rings is 1. The van der Waals surface area contributed by atoms with Crippen molar-refractivity contribution in [2.75, 3.05) is 10.6 Å². The standard InChI is InChI=1S/C15H11FN4OS/c16-11-1-3-12(4-2-11)18-14(21)20-15-19-13(9-22-15)10-5-7-17-8-6-10/h1-9H,(H2,18,19,20,21). The van der Waals surface area contributed by atoms with Gasteiger partial charge in [0, 0.05) is 29.0 Å². The van der Waals surface area contributed by atoms with Crippen molar-refractivity contribution >= 4 is 28.2 Å². The van der Waals surface area contributed by atoms with Gasteiger partial charge in [0.05, 0.1) is 5.69 Å². The van der Waals surface area contributed by atoms with Gasteiger partial charge in [-0.25, -0.2) is 14.2 Å². The average Bonchev–Trinajstić information content (AvgIpc) is 2.99. The number of carbonyl (C=O) groups is 1. The minimum Gasteiger partial charge on any atom is -0.308 e. The molecule has 0 atom stereocenters. The molecule has 0 aliphatic heterocycles. The van der Waals surface area contributed by atoms with E-state index in [1.54, 1.807) is 12.4 Å². The van der Waals surface area contributed by atoms with Gasteiger partial charge in [0.15, 0.2) is 5.13 Å². The lowest BCUT2D eigenvalue weighted by atomic mass is 10.2. The molecule has 7 heteroatoms. The molecule has 0 aliphatic carbocycles. The van der Waals surface area contributed by atoms with Crippen LogP contribution in [-0.4, -0.2) is 16.0 Å². The Morgan fingerprint density at radius 3 is 2.50 bits per heavy atom. The van der Waals surface area contributed by atoms with Crippen LogP contribution in [0.4, 0.5) is 20.0 Å². The number of anilines is 2. The zero-order valence-electron chi connectivity index (χ0n) is 11.3. The summed E-state index contributed by atoms with van der Waals surface area (Å²) in [6.45, 7) is 0. The first-order valence-corrected chi connectivity index (χ1v) is 7.28. The van der Waals surface area contributed by atoms with Crippen LogP contribution in [0.15, 0.2) is 54.2 Å². The summed E-state index contributed by atoms with van der Waals surface area (Å²) < 4.78 is 12.8. The third kappa shape index (κ3) is 3.44. The lowest BCUT2D eigenvalue weighted by Gasteiger charge is -2.04. The lowest BCUT2D eigenvalue weighted by Crippen LogP contribution is -2.19. The van der Waals surface area contributed by atoms with Gasteiger partial charge in [-0.3, -0.25) is 10.3 Å². The van der Waals surface area contributed by atoms with E-state index in [0.717, 1.165) is 11.3 Å². The molecule has 0 saturated carbocycles. The number of hydrogen-bond acceptors (Lipinski definition) is 4. The van der Waals surface area contributed by atoms with Crippen molar-refractivity contribution in [3.05, 3.63) is 60.0 Å². The largest absolute Gasteiger partial charge is 0.325 e. The van der Waals surface area contributed by atoms with Crippen LogP contribution in [0.1, 0.15) is 0 Å². The number of nitrogens with zero attached hydrogens (tertiary/aromatic N) is 2. The van der Waals surface area contributed by atoms with Gasteiger partial charge in [0.25, 0.3) is 0 Å². The van der Waals surface area contributed by atoms with E-state index in [1.165, 1.54) is 35.6 Å². The highest BCUT2D eigenvalue weighted by atomic mass is 32.1. The SMILES string of the molecule is O=C(Nc1ccc(F)cc1)Nc1nc(-c2ccncc2)cs1. The molecule has 2 N–H and O–H groups in total. The van der Waals surface area contributed by atoms with E-state index >= 15 is 0 Å². The number of halogens is 1. The number of hydrogen-bond donors (Lipinski definition) is 2. The molecule has 5 nitrogen and oxygen atoms in total. The summed E-state index contributed by atoms with van der Waals surface area (Å²) in [5.74, 6) is -0.354. The summed E-state index contributed by atoms with van der Waals surface area (Å²) in [4.78, 5) is 20.1. The van der Waals surface area contributed by atoms with E-state index in [4.69, 9.17) is 0 Å². The number of benzene rings is 1. The predicted octanol–water partition coefficient (Wildman–Crippen LogP) is 3.99. The molecule has 1 aromatic carbocycles. The van der Waals surface area contributed by atoms with E-state index < -0.39 is 6.03 Å². The highest BCUT2D eigenvalue weighted by Gasteiger charge is 2.08. The molecule has 2 aromatic heterocycles. The van der Waals surface area contributed by atoms with E-state index in [1.807, 2.05) is 17.5 Å². The van der Waals surface area contributed by atoms with Crippen LogP contribution < -0.4 is 10.6 Å². The summed E-state index contributed by atoms with van der Waals surface area (Å²) in [6.07, 6.45) is 3.37. The van der Waals surface area contributed by atoms with Crippen LogP contribution in [0.2, 0.25) is 0 Å². The van der Waals surface area contributed by atoms with Crippen LogP contribution in [0.5, 0.6) is 0 Å². The maximum absolute atomic E-state index is 12.8. The molecular weight excluding hydrogens is 303 g/mol. The molecule has 0 bridgehead atoms. The Morgan fingerprint density at radius 1 is 1.05 bits per heavy atom. The van der Waals surface area contributed by atoms with Gasteiger partial charge in [-0.15, -0.1) is 11.3 Å². The molecule has 3 aromatic rings. The second-order valence-corrected chi connectivity index (χ2v) is 5.22. The first kappa shape index (κ1) is 14.2. The van der Waals surface area contributed by atoms with Crippen LogP contribution >= 0.6 is 11.3 Å². The molecule has 22 heavy (non-hydrogen) atoms. The number of carbonyl (C=O) groups excluding carboxylic acids is 1. The van der Waals surface area contributed by atoms with E-state index in [-0.39, 0.29) is 5.82 Å². The van der Waals surface area contributed by atoms with Gasteiger partial charge >= 0.3 is 6.03 Å². The van der Waals surface area contributed by atoms with Crippen molar-refractivity contribution in [2.24, 2.45) is 0 Å². The summed E-state index contributed by atoms with van der Waals surface area (Å²) in [7, 11) is 0. The fourth-order valence-corrected chi connectivity index (χ4v) is 2.49. The third-order valence-corrected chi connectivity index (χ3v) is 3.56. The highest BCUT2D eigenvalue weighted by Crippen LogP contribution is 2.24. The van der Waals surface area contributed by atoms with E-state index in [0.29, 0.717) is 10.8 Å². The monoisotopic (exact) mass is 314 g/mol. The topological polar surface area (TPSA) is 66.9 Å². The second-order valence-electron chi connectivity index (χ2n) is 4.36. The normalized spacial score (nSPS) is 10.2. The zero-order chi connectivity index (χ0) is 15.4. The molecule has 3 rings (SSSR count). The van der Waals surface area contributed by atoms with Gasteiger partial charge in [-0.2, -0.15) is 0 Å². The number of urea groups is 1. The Hall–Kier alpha value is -2.80. The van der Waals surface area contributed by atoms with Crippen molar-refractivity contribution in [3.63, 3.8) is 0 Å². The Kier molecular flexibility index (Phi) is 4.06. The van der Waals surface area contributed by atoms with E-state index in [2.05, 4.69) is 20.6 Å². The molecular formula is C15H11FN4OS. The number of nitrogens with one attached hydrogen (secondary N) is 2. The van der Waals surface area contributed by atoms with Gasteiger partial charge in [0.2, 0.25) is 0 Å². The second kappa shape index (κ2) is 6.31. The highest BCUT2D eigenvalue weighted by molar-refractivity contribution is 7.14. The fourth-order valence-electron chi connectivity index (χ4n) is 1.78. The Labute approximate surface area is 129 Å². The van der Waals surface area contributed by atoms with Gasteiger partial charge < -0.3 is 5.32 Å². The molecule has 2 amide bonds. The number of aromatic nitrogens is 2. The lowest BCUT2D eigenvalue weighted by molar-refractivity contribution is 0.262. The first-order valence-electron chi connectivity index (χ1n) is 6.40. The molecule has 0 unspecified atom stereocenters. The summed E-state index contributed by atoms with van der Waals surface area (Å²) in [5, 5.41) is 7.58. The Balaban J connectivity index is 1.65. The van der Waals surface area contributed by atoms with Crippen molar-refractivity contribution in [1.82, 2.24) is 9.97 Å². The third-order valence-electron chi connectivity index (χ3n) is 2.80. The van der Waals surface area contributed by atoms with Crippen molar-refractivity contribution in [2.45, 2.75) is 0 Å². The van der Waals surface area contributed by atoms with Crippen molar-refractivity contribution in [1.29, 1.82) is 0 Å². The molecule has 0 aliphatic rings. The van der Waals surface area contributed by atoms with Crippen LogP contribution in [0, 0.1) is 5.82 Å². The minimum absolute atomic E-state index is 0.354. The molecule has 0 spiro atoms. The fraction of sp³-hybridized carbons (Fsp3) is 0. The smallest absolute Gasteiger partial charge is 0.308 e. The van der Waals surface area contributed by atoms with Gasteiger partial charge in [0.1, 0.15) is 5.82 Å². The van der Waals surface area contributed by atoms with E-state index in [9.17, 15) is 9.18 Å². The minimum atomic E-state index is -0.428. The summed E-state index contributed by atoms with van der Waals surface area (Å²) in [5.41, 5.74) is 2.20. The maximum Gasteiger partial charge on any atom is 0.325 e. The first-order chi connectivity index (χ1) is 10.7. The molecule has 110 valence electrons. The Morgan fingerprint density at radius 2 is 1.77 bits per heavy atom. The zero-order valence-corrected chi connectivity index (χ0v) is 12.1. The van der Waals surface area contributed by atoms with Crippen LogP contribution in [0.3, 0.4) is 0 Å². The molecule has 2 heterocycles. The Bertz CT molecular complexity index is 774. The quantitative estimate of drug-likeness (QED) is 0.768. The van der Waals surface area contributed by atoms with Crippen LogP contribution in [0.25, 0.3) is 11.3 Å². The van der Waals surface area contributed by atoms with Crippen LogP contribution in [-0.2, 0) is 0 Å². The van der Waals surface area contributed by atoms with Gasteiger partial charge in [-0.05, 0) is 36.4 Å². The number of thiazole rings is 1. The molecule has 0 radical (unpaired) electrons. The molecule has 0 saturated heterocycles. The average molecular weight is 314 g/mol. The summed E-state index contributed by atoms with van der Waals surface area (Å²) >= 11 is 1.32. The predicted molar refractivity (Wildman–Crippen MR) is 84.4 cm³/mol. The van der Waals surface area contributed by atoms with Crippen molar-refractivity contribution < 1.29 is 9.18 Å². The maximum atomic E-state index is 12.8. The molecule has 0 fully saturated rings. The summed E-state index contributed by atoms with van der Waals surface area (Å²) in [6, 6.07) is 8.79. The van der Waals surface area contributed by atoms with Gasteiger partial charge in [-0.1, -0.05) is 0 Å². The number of amides is 2. The number of rotatable bonds is 3.